The van der Waals surface area contributed by atoms with E-state index in [1.165, 1.54) is 49.4 Å². The van der Waals surface area contributed by atoms with E-state index in [-0.39, 0.29) is 90.0 Å². The molecule has 0 aliphatic carbocycles. The zero-order chi connectivity index (χ0) is 66.0. The number of carbonyl (C=O) groups is 1. The molecule has 0 aliphatic heterocycles. The van der Waals surface area contributed by atoms with Gasteiger partial charge in [-0.1, -0.05) is 36.4 Å². The number of phenolic OH excluding ortho intramolecular Hbond substituents is 2. The number of anilines is 8. The van der Waals surface area contributed by atoms with Crippen LogP contribution in [0.3, 0.4) is 0 Å². The molecule has 91 heavy (non-hydrogen) atoms. The molecule has 0 saturated carbocycles. The Morgan fingerprint density at radius 2 is 0.967 bits per heavy atom. The Labute approximate surface area is 521 Å². The van der Waals surface area contributed by atoms with Crippen molar-refractivity contribution in [1.29, 1.82) is 0 Å². The van der Waals surface area contributed by atoms with Gasteiger partial charge in [-0.15, -0.1) is 20.5 Å². The van der Waals surface area contributed by atoms with Crippen molar-refractivity contribution in [3.8, 4) is 11.5 Å². The number of carboxylic acids is 1. The van der Waals surface area contributed by atoms with Crippen molar-refractivity contribution in [1.82, 2.24) is 29.9 Å². The predicted octanol–water partition coefficient (Wildman–Crippen LogP) is 10.6. The fourth-order valence-electron chi connectivity index (χ4n) is 9.17. The molecule has 0 amide bonds. The van der Waals surface area contributed by atoms with Crippen molar-refractivity contribution in [2.24, 2.45) is 20.5 Å². The first-order valence-corrected chi connectivity index (χ1v) is 32.7. The molecular weight excluding hydrogens is 1340 g/mol. The maximum atomic E-state index is 12.9. The summed E-state index contributed by atoms with van der Waals surface area (Å²) in [4.78, 5) is 33.2. The number of azo groups is 2. The fraction of sp³-hybridized carbons (Fsp3) is 0.0392. The van der Waals surface area contributed by atoms with Gasteiger partial charge in [-0.2, -0.15) is 72.0 Å². The minimum absolute atomic E-state index is 0.00260. The van der Waals surface area contributed by atoms with Gasteiger partial charge in [0.25, 0.3) is 50.6 Å². The Morgan fingerprint density at radius 3 is 1.52 bits per heavy atom. The summed E-state index contributed by atoms with van der Waals surface area (Å²) in [6, 6.07) is 20.4. The molecule has 10 aromatic rings. The molecule has 40 heteroatoms. The summed E-state index contributed by atoms with van der Waals surface area (Å²) in [5, 5.41) is 58.0. The summed E-state index contributed by atoms with van der Waals surface area (Å²) >= 11 is 12.7. The highest BCUT2D eigenvalue weighted by molar-refractivity contribution is 7.87. The Kier molecular flexibility index (Phi) is 16.8. The van der Waals surface area contributed by atoms with Crippen LogP contribution in [0.4, 0.5) is 69.3 Å². The highest BCUT2D eigenvalue weighted by atomic mass is 35.5. The van der Waals surface area contributed by atoms with E-state index in [9.17, 15) is 85.0 Å². The van der Waals surface area contributed by atoms with Crippen LogP contribution >= 0.6 is 23.2 Å². The van der Waals surface area contributed by atoms with Crippen molar-refractivity contribution < 1.29 is 85.0 Å². The third-order valence-electron chi connectivity index (χ3n) is 12.8. The normalized spacial score (nSPS) is 12.5. The van der Waals surface area contributed by atoms with Crippen molar-refractivity contribution in [2.75, 3.05) is 21.3 Å². The number of hydrogen-bond acceptors (Lipinski definition) is 27. The summed E-state index contributed by atoms with van der Waals surface area (Å²) in [6.45, 7) is 3.00. The molecule has 0 spiro atoms. The molecule has 33 nitrogen and oxygen atoms in total. The van der Waals surface area contributed by atoms with E-state index < -0.39 is 126 Å². The maximum Gasteiger partial charge on any atom is 0.335 e. The molecule has 0 saturated heterocycles. The molecule has 12 N–H and O–H groups in total. The molecule has 0 atom stereocenters. The number of aromatic hydroxyl groups is 2. The van der Waals surface area contributed by atoms with E-state index in [0.717, 1.165) is 66.7 Å². The van der Waals surface area contributed by atoms with Gasteiger partial charge in [0.15, 0.2) is 11.5 Å². The first kappa shape index (κ1) is 64.2. The molecule has 0 unspecified atom stereocenters. The molecule has 0 aliphatic rings. The lowest BCUT2D eigenvalue weighted by atomic mass is 10.0. The van der Waals surface area contributed by atoms with Crippen LogP contribution in [0.15, 0.2) is 154 Å². The molecule has 0 fully saturated rings. The number of carboxylic acid groups (broad SMARTS) is 1. The molecule has 2 aromatic heterocycles. The topological polar surface area (TPSA) is 525 Å². The number of phenols is 2. The highest BCUT2D eigenvalue weighted by Crippen LogP contribution is 2.48. The third kappa shape index (κ3) is 13.8. The molecule has 2 heterocycles. The van der Waals surface area contributed by atoms with Crippen LogP contribution in [0.2, 0.25) is 10.6 Å². The quantitative estimate of drug-likeness (QED) is 0.0280. The standard InChI is InChI=1S/C51H36Cl2N14O19S5/c1-21-12-23-18-37(90(81,82)83)41(67-65-32-11-10-29-30(44(32)91(84,85)86)6-5-9-35(29)88(75,76)77)43(69)38(23)33(13-21)56-50-60-46(52)58-48(62-50)54-26-15-25(45(70)71)16-27(19-26)55-49-59-47(53)61-51(63-49)57-34-20-28(87(72,73)74)17-24-14-22(2)40(42(68)39(24)34)66-64-31-7-3-4-8-36(31)89(78,79)80/h3-20,68-69H,1-2H3,(H,70,71)(H,72,73,74)(H,75,76,77)(H,78,79,80)(H,81,82,83)(H,84,85,86)(H2,54,56,58,60,62)(H2,55,57,59,61,63). The van der Waals surface area contributed by atoms with Crippen LogP contribution in [-0.4, -0.2) is 116 Å². The summed E-state index contributed by atoms with van der Waals surface area (Å²) in [6.07, 6.45) is 0. The lowest BCUT2D eigenvalue weighted by Crippen LogP contribution is -2.07. The van der Waals surface area contributed by atoms with E-state index in [1.54, 1.807) is 6.92 Å². The second-order valence-corrected chi connectivity index (χ2v) is 26.7. The number of aromatic nitrogens is 6. The Balaban J connectivity index is 0.974. The van der Waals surface area contributed by atoms with Gasteiger partial charge in [0, 0.05) is 32.9 Å². The van der Waals surface area contributed by atoms with Crippen LogP contribution in [0.25, 0.3) is 32.3 Å². The van der Waals surface area contributed by atoms with Gasteiger partial charge in [0.1, 0.15) is 42.3 Å². The second-order valence-electron chi connectivity index (χ2n) is 19.1. The minimum Gasteiger partial charge on any atom is -0.505 e. The van der Waals surface area contributed by atoms with Crippen molar-refractivity contribution >= 4 is 181 Å². The first-order valence-electron chi connectivity index (χ1n) is 24.8. The molecule has 0 radical (unpaired) electrons. The van der Waals surface area contributed by atoms with Gasteiger partial charge in [-0.25, -0.2) is 4.79 Å². The van der Waals surface area contributed by atoms with E-state index in [1.807, 2.05) is 0 Å². The molecule has 0 bridgehead atoms. The zero-order valence-electron chi connectivity index (χ0n) is 45.2. The third-order valence-corrected chi connectivity index (χ3v) is 17.6. The molecule has 8 aromatic carbocycles. The number of nitrogens with one attached hydrogen (secondary N) is 4. The van der Waals surface area contributed by atoms with Gasteiger partial charge in [-0.3, -0.25) is 22.8 Å². The lowest BCUT2D eigenvalue weighted by molar-refractivity contribution is 0.0696. The zero-order valence-corrected chi connectivity index (χ0v) is 50.8. The predicted molar refractivity (Wildman–Crippen MR) is 325 cm³/mol. The highest BCUT2D eigenvalue weighted by Gasteiger charge is 2.28. The van der Waals surface area contributed by atoms with Crippen LogP contribution in [0, 0.1) is 13.8 Å². The maximum absolute atomic E-state index is 12.9. The summed E-state index contributed by atoms with van der Waals surface area (Å²) < 4.78 is 175. The van der Waals surface area contributed by atoms with Gasteiger partial charge >= 0.3 is 5.97 Å². The molecular formula is C51H36Cl2N14O19S5. The van der Waals surface area contributed by atoms with E-state index in [0.29, 0.717) is 5.56 Å². The van der Waals surface area contributed by atoms with Gasteiger partial charge in [-0.05, 0) is 132 Å². The number of rotatable bonds is 18. The number of fused-ring (bicyclic) bond motifs is 3. The van der Waals surface area contributed by atoms with Crippen LogP contribution in [-0.2, 0) is 50.6 Å². The van der Waals surface area contributed by atoms with Crippen molar-refractivity contribution in [3.63, 3.8) is 0 Å². The van der Waals surface area contributed by atoms with Crippen LogP contribution < -0.4 is 21.3 Å². The first-order chi connectivity index (χ1) is 42.5. The average Bonchev–Trinajstić information content (AvgIpc) is 0.773. The number of benzene rings is 8. The molecule has 10 rings (SSSR count). The Hall–Kier alpha value is -9.84. The summed E-state index contributed by atoms with van der Waals surface area (Å²) in [5.41, 5.74) is -2.62. The lowest BCUT2D eigenvalue weighted by Gasteiger charge is -2.16. The largest absolute Gasteiger partial charge is 0.505 e. The average molecular weight is 1380 g/mol. The smallest absolute Gasteiger partial charge is 0.335 e. The number of nitrogens with zero attached hydrogens (tertiary/aromatic N) is 10. The van der Waals surface area contributed by atoms with E-state index in [4.69, 9.17) is 23.2 Å². The Morgan fingerprint density at radius 1 is 0.462 bits per heavy atom. The van der Waals surface area contributed by atoms with Gasteiger partial charge < -0.3 is 36.6 Å². The number of halogens is 2. The monoisotopic (exact) mass is 1380 g/mol. The molecule has 468 valence electrons. The van der Waals surface area contributed by atoms with Crippen molar-refractivity contribution in [3.05, 3.63) is 136 Å². The van der Waals surface area contributed by atoms with E-state index in [2.05, 4.69) is 71.6 Å². The van der Waals surface area contributed by atoms with E-state index >= 15 is 0 Å². The Bertz CT molecular complexity index is 5480. The number of aromatic carboxylic acids is 1. The second kappa shape index (κ2) is 23.8. The number of hydrogen-bond donors (Lipinski definition) is 12. The van der Waals surface area contributed by atoms with Crippen LogP contribution in [0.1, 0.15) is 21.5 Å². The van der Waals surface area contributed by atoms with Gasteiger partial charge in [0.2, 0.25) is 34.4 Å². The minimum atomic E-state index is -5.33. The summed E-state index contributed by atoms with van der Waals surface area (Å²) in [7, 11) is -25.3. The van der Waals surface area contributed by atoms with Gasteiger partial charge in [0.05, 0.1) is 21.8 Å². The number of aryl methyl sites for hydroxylation is 2. The van der Waals surface area contributed by atoms with Crippen molar-refractivity contribution in [2.45, 2.75) is 38.3 Å². The SMILES string of the molecule is Cc1cc(Nc2nc(Cl)nc(Nc3cc(Nc4nc(Cl)nc(Nc5cc(S(=O)(=O)O)cc6cc(C)c(N=Nc7ccccc7S(=O)(=O)O)c(O)c56)n4)cc(C(=O)O)c3)n2)c2c(O)c(N=Nc3ccc4c(S(=O)(=O)O)cccc4c3S(=O)(=O)O)c(S(=O)(=O)O)cc2c1. The van der Waals surface area contributed by atoms with Crippen LogP contribution in [0.5, 0.6) is 11.5 Å². The summed E-state index contributed by atoms with van der Waals surface area (Å²) in [5.74, 6) is -4.72. The fourth-order valence-corrected chi connectivity index (χ4v) is 12.9.